The first-order valence-electron chi connectivity index (χ1n) is 4.71. The van der Waals surface area contributed by atoms with E-state index in [9.17, 15) is 9.59 Å². The summed E-state index contributed by atoms with van der Waals surface area (Å²) < 4.78 is 0. The van der Waals surface area contributed by atoms with Crippen LogP contribution in [0.2, 0.25) is 0 Å². The lowest BCUT2D eigenvalue weighted by atomic mass is 10.0. The fraction of sp³-hybridized carbons (Fsp3) is 0.778. The number of carbonyl (C=O) groups is 2. The van der Waals surface area contributed by atoms with Crippen molar-refractivity contribution in [3.63, 3.8) is 0 Å². The lowest BCUT2D eigenvalue weighted by Crippen LogP contribution is -2.55. The van der Waals surface area contributed by atoms with Gasteiger partial charge >= 0.3 is 5.97 Å². The second kappa shape index (κ2) is 4.40. The van der Waals surface area contributed by atoms with E-state index in [0.717, 1.165) is 0 Å². The van der Waals surface area contributed by atoms with Crippen molar-refractivity contribution in [2.75, 3.05) is 18.1 Å². The molecule has 1 rings (SSSR count). The Kier molecular flexibility index (Phi) is 3.62. The van der Waals surface area contributed by atoms with Gasteiger partial charge in [-0.1, -0.05) is 0 Å². The molecule has 0 aromatic rings. The smallest absolute Gasteiger partial charge is 0.323 e. The van der Waals surface area contributed by atoms with E-state index in [1.54, 1.807) is 11.8 Å². The normalized spacial score (nSPS) is 26.2. The second-order valence-corrected chi connectivity index (χ2v) is 5.28. The van der Waals surface area contributed by atoms with Gasteiger partial charge in [-0.05, 0) is 13.8 Å². The van der Waals surface area contributed by atoms with Gasteiger partial charge in [-0.2, -0.15) is 11.8 Å². The number of thioether (sulfide) groups is 1. The average Bonchev–Trinajstić information content (AvgIpc) is 2.18. The molecule has 1 heterocycles. The predicted molar refractivity (Wildman–Crippen MR) is 58.7 cm³/mol. The summed E-state index contributed by atoms with van der Waals surface area (Å²) in [5, 5.41) is 8.75. The van der Waals surface area contributed by atoms with E-state index in [4.69, 9.17) is 10.8 Å². The minimum atomic E-state index is -1.00. The third-order valence-corrected chi connectivity index (χ3v) is 3.87. The number of hydrogen-bond donors (Lipinski definition) is 2. The van der Waals surface area contributed by atoms with Crippen LogP contribution in [0.5, 0.6) is 0 Å². The van der Waals surface area contributed by atoms with Gasteiger partial charge in [0.1, 0.15) is 6.54 Å². The molecule has 6 heteroatoms. The summed E-state index contributed by atoms with van der Waals surface area (Å²) in [5.41, 5.74) is 5.21. The number of rotatable bonds is 2. The van der Waals surface area contributed by atoms with Gasteiger partial charge in [0, 0.05) is 17.0 Å². The molecular formula is C9H16N2O3S. The van der Waals surface area contributed by atoms with Gasteiger partial charge in [0.25, 0.3) is 0 Å². The summed E-state index contributed by atoms with van der Waals surface area (Å²) in [4.78, 5) is 23.9. The first kappa shape index (κ1) is 12.3. The van der Waals surface area contributed by atoms with Gasteiger partial charge < -0.3 is 15.7 Å². The number of carbonyl (C=O) groups excluding carboxylic acids is 1. The van der Waals surface area contributed by atoms with E-state index >= 15 is 0 Å². The van der Waals surface area contributed by atoms with Crippen LogP contribution in [0.25, 0.3) is 0 Å². The van der Waals surface area contributed by atoms with Crippen LogP contribution >= 0.6 is 11.8 Å². The number of carboxylic acids is 1. The molecule has 0 radical (unpaired) electrons. The zero-order valence-electron chi connectivity index (χ0n) is 8.90. The van der Waals surface area contributed by atoms with E-state index in [1.807, 2.05) is 13.8 Å². The molecule has 1 unspecified atom stereocenters. The van der Waals surface area contributed by atoms with Crippen molar-refractivity contribution in [2.45, 2.75) is 25.4 Å². The van der Waals surface area contributed by atoms with Crippen molar-refractivity contribution in [3.8, 4) is 0 Å². The van der Waals surface area contributed by atoms with Crippen molar-refractivity contribution in [3.05, 3.63) is 0 Å². The summed E-state index contributed by atoms with van der Waals surface area (Å²) in [6, 6.07) is -0.587. The second-order valence-electron chi connectivity index (χ2n) is 4.25. The van der Waals surface area contributed by atoms with Crippen LogP contribution in [0.3, 0.4) is 0 Å². The molecule has 15 heavy (non-hydrogen) atoms. The van der Waals surface area contributed by atoms with Crippen LogP contribution in [-0.2, 0) is 9.59 Å². The molecule has 1 amide bonds. The molecule has 0 aliphatic carbocycles. The van der Waals surface area contributed by atoms with Crippen LogP contribution in [0.1, 0.15) is 13.8 Å². The number of amides is 1. The molecule has 1 fully saturated rings. The van der Waals surface area contributed by atoms with Gasteiger partial charge in [-0.3, -0.25) is 9.59 Å². The Balaban J connectivity index is 2.90. The SMILES string of the molecule is CC1(C)CSCC(N)C(=O)N1CC(=O)O. The fourth-order valence-electron chi connectivity index (χ4n) is 1.51. The Morgan fingerprint density at radius 2 is 2.33 bits per heavy atom. The highest BCUT2D eigenvalue weighted by Crippen LogP contribution is 2.25. The lowest BCUT2D eigenvalue weighted by molar-refractivity contribution is -0.148. The first-order valence-corrected chi connectivity index (χ1v) is 5.86. The molecule has 1 atom stereocenters. The Hall–Kier alpha value is -0.750. The summed E-state index contributed by atoms with van der Waals surface area (Å²) in [7, 11) is 0. The van der Waals surface area contributed by atoms with E-state index in [0.29, 0.717) is 11.5 Å². The van der Waals surface area contributed by atoms with Gasteiger partial charge in [0.2, 0.25) is 5.91 Å². The third kappa shape index (κ3) is 2.85. The van der Waals surface area contributed by atoms with Gasteiger partial charge in [-0.15, -0.1) is 0 Å². The summed E-state index contributed by atoms with van der Waals surface area (Å²) in [6.45, 7) is 3.44. The van der Waals surface area contributed by atoms with E-state index in [1.165, 1.54) is 4.90 Å². The maximum Gasteiger partial charge on any atom is 0.323 e. The minimum Gasteiger partial charge on any atom is -0.480 e. The highest BCUT2D eigenvalue weighted by molar-refractivity contribution is 7.99. The molecular weight excluding hydrogens is 216 g/mol. The quantitative estimate of drug-likeness (QED) is 0.686. The monoisotopic (exact) mass is 232 g/mol. The van der Waals surface area contributed by atoms with Crippen LogP contribution < -0.4 is 5.73 Å². The van der Waals surface area contributed by atoms with Gasteiger partial charge in [0.05, 0.1) is 6.04 Å². The Labute approximate surface area is 93.0 Å². The number of nitrogens with zero attached hydrogens (tertiary/aromatic N) is 1. The van der Waals surface area contributed by atoms with Gasteiger partial charge in [0.15, 0.2) is 0 Å². The van der Waals surface area contributed by atoms with Crippen molar-refractivity contribution in [1.82, 2.24) is 4.90 Å². The largest absolute Gasteiger partial charge is 0.480 e. The topological polar surface area (TPSA) is 83.6 Å². The highest BCUT2D eigenvalue weighted by atomic mass is 32.2. The van der Waals surface area contributed by atoms with E-state index in [2.05, 4.69) is 0 Å². The predicted octanol–water partition coefficient (Wildman–Crippen LogP) is -0.248. The minimum absolute atomic E-state index is 0.271. The Bertz CT molecular complexity index is 281. The Morgan fingerprint density at radius 3 is 2.87 bits per heavy atom. The third-order valence-electron chi connectivity index (χ3n) is 2.36. The van der Waals surface area contributed by atoms with Crippen molar-refractivity contribution >= 4 is 23.6 Å². The molecule has 1 aliphatic heterocycles. The van der Waals surface area contributed by atoms with Crippen LogP contribution in [0.4, 0.5) is 0 Å². The van der Waals surface area contributed by atoms with Gasteiger partial charge in [-0.25, -0.2) is 0 Å². The standard InChI is InChI=1S/C9H16N2O3S/c1-9(2)5-15-4-6(10)8(14)11(9)3-7(12)13/h6H,3-5,10H2,1-2H3,(H,12,13). The maximum absolute atomic E-state index is 11.8. The molecule has 1 aliphatic rings. The van der Waals surface area contributed by atoms with Crippen LogP contribution in [-0.4, -0.2) is 51.5 Å². The Morgan fingerprint density at radius 1 is 1.73 bits per heavy atom. The van der Waals surface area contributed by atoms with E-state index in [-0.39, 0.29) is 12.5 Å². The molecule has 5 nitrogen and oxygen atoms in total. The molecule has 86 valence electrons. The maximum atomic E-state index is 11.8. The van der Waals surface area contributed by atoms with E-state index < -0.39 is 17.6 Å². The zero-order valence-corrected chi connectivity index (χ0v) is 9.71. The van der Waals surface area contributed by atoms with Crippen molar-refractivity contribution in [1.29, 1.82) is 0 Å². The molecule has 3 N–H and O–H groups in total. The number of aliphatic carboxylic acids is 1. The molecule has 1 saturated heterocycles. The summed E-state index contributed by atoms with van der Waals surface area (Å²) in [6.07, 6.45) is 0. The number of hydrogen-bond acceptors (Lipinski definition) is 4. The van der Waals surface area contributed by atoms with Crippen LogP contribution in [0.15, 0.2) is 0 Å². The average molecular weight is 232 g/mol. The van der Waals surface area contributed by atoms with Crippen molar-refractivity contribution in [2.24, 2.45) is 5.73 Å². The first-order chi connectivity index (χ1) is 6.84. The lowest BCUT2D eigenvalue weighted by Gasteiger charge is -2.36. The van der Waals surface area contributed by atoms with Crippen molar-refractivity contribution < 1.29 is 14.7 Å². The number of carboxylic acid groups (broad SMARTS) is 1. The molecule has 0 aromatic heterocycles. The number of nitrogens with two attached hydrogens (primary N) is 1. The van der Waals surface area contributed by atoms with Crippen LogP contribution in [0, 0.1) is 0 Å². The highest BCUT2D eigenvalue weighted by Gasteiger charge is 2.37. The summed E-state index contributed by atoms with van der Waals surface area (Å²) >= 11 is 1.58. The fourth-order valence-corrected chi connectivity index (χ4v) is 2.68. The zero-order chi connectivity index (χ0) is 11.6. The molecule has 0 aromatic carbocycles. The molecule has 0 saturated carbocycles. The molecule has 0 bridgehead atoms. The summed E-state index contributed by atoms with van der Waals surface area (Å²) in [5.74, 6) is -0.0131. The molecule has 0 spiro atoms.